The molecule has 0 aliphatic heterocycles. The van der Waals surface area contributed by atoms with Gasteiger partial charge in [0.15, 0.2) is 11.5 Å². The van der Waals surface area contributed by atoms with Crippen LogP contribution in [0.15, 0.2) is 57.8 Å². The Kier molecular flexibility index (Phi) is 6.17. The maximum atomic E-state index is 12.1. The minimum absolute atomic E-state index is 0.163. The lowest BCUT2D eigenvalue weighted by Crippen LogP contribution is -2.20. The zero-order valence-electron chi connectivity index (χ0n) is 16.3. The van der Waals surface area contributed by atoms with Crippen molar-refractivity contribution in [1.82, 2.24) is 0 Å². The molecule has 30 heavy (non-hydrogen) atoms. The number of hydrogen-bond acceptors (Lipinski definition) is 7. The fraction of sp³-hybridized carbons (Fsp3) is 0.136. The van der Waals surface area contributed by atoms with E-state index in [0.717, 1.165) is 5.56 Å². The van der Waals surface area contributed by atoms with Crippen molar-refractivity contribution in [2.45, 2.75) is 6.92 Å². The molecular weight excluding hydrogens is 390 g/mol. The molecular formula is C22H19NO7. The summed E-state index contributed by atoms with van der Waals surface area (Å²) >= 11 is 0. The molecule has 0 saturated carbocycles. The Morgan fingerprint density at radius 2 is 1.90 bits per heavy atom. The number of methoxy groups -OCH3 is 1. The van der Waals surface area contributed by atoms with E-state index in [9.17, 15) is 14.4 Å². The number of primary amides is 1. The molecule has 8 nitrogen and oxygen atoms in total. The Labute approximate surface area is 171 Å². The highest BCUT2D eigenvalue weighted by atomic mass is 16.5. The van der Waals surface area contributed by atoms with E-state index in [1.807, 2.05) is 6.92 Å². The van der Waals surface area contributed by atoms with E-state index in [-0.39, 0.29) is 16.9 Å². The number of carbonyl (C=O) groups excluding carboxylic acids is 2. The van der Waals surface area contributed by atoms with Crippen LogP contribution < -0.4 is 25.6 Å². The smallest absolute Gasteiger partial charge is 0.349 e. The third-order valence-electron chi connectivity index (χ3n) is 4.09. The first-order chi connectivity index (χ1) is 14.4. The summed E-state index contributed by atoms with van der Waals surface area (Å²) in [6, 6.07) is 11.0. The van der Waals surface area contributed by atoms with E-state index in [1.54, 1.807) is 30.3 Å². The molecule has 0 atom stereocenters. The predicted octanol–water partition coefficient (Wildman–Crippen LogP) is 2.92. The number of amides is 1. The number of rotatable bonds is 7. The third kappa shape index (κ3) is 4.67. The van der Waals surface area contributed by atoms with Gasteiger partial charge < -0.3 is 24.4 Å². The molecule has 3 aromatic rings. The lowest BCUT2D eigenvalue weighted by molar-refractivity contribution is -0.128. The van der Waals surface area contributed by atoms with Crippen molar-refractivity contribution in [3.8, 4) is 17.2 Å². The SMILES string of the molecule is CCOc1ccc(/C=C/C(=O)Oc2ccc3cc(C(N)=O)c(=O)oc3c2)cc1OC. The second-order valence-electron chi connectivity index (χ2n) is 6.11. The van der Waals surface area contributed by atoms with E-state index >= 15 is 0 Å². The first-order valence-corrected chi connectivity index (χ1v) is 8.99. The van der Waals surface area contributed by atoms with Crippen LogP contribution in [0.25, 0.3) is 17.0 Å². The van der Waals surface area contributed by atoms with Gasteiger partial charge in [-0.2, -0.15) is 0 Å². The molecule has 2 aromatic carbocycles. The molecule has 3 rings (SSSR count). The van der Waals surface area contributed by atoms with Crippen LogP contribution in [0.4, 0.5) is 0 Å². The molecule has 1 heterocycles. The average Bonchev–Trinajstić information content (AvgIpc) is 2.72. The second-order valence-corrected chi connectivity index (χ2v) is 6.11. The largest absolute Gasteiger partial charge is 0.493 e. The highest BCUT2D eigenvalue weighted by molar-refractivity contribution is 5.95. The van der Waals surface area contributed by atoms with Crippen molar-refractivity contribution in [1.29, 1.82) is 0 Å². The van der Waals surface area contributed by atoms with Crippen molar-refractivity contribution in [2.24, 2.45) is 5.73 Å². The van der Waals surface area contributed by atoms with Gasteiger partial charge in [-0.05, 0) is 48.9 Å². The minimum Gasteiger partial charge on any atom is -0.493 e. The Hall–Kier alpha value is -4.07. The summed E-state index contributed by atoms with van der Waals surface area (Å²) in [5, 5.41) is 0.472. The van der Waals surface area contributed by atoms with E-state index in [1.165, 1.54) is 31.4 Å². The Morgan fingerprint density at radius 1 is 1.10 bits per heavy atom. The Morgan fingerprint density at radius 3 is 2.60 bits per heavy atom. The Bertz CT molecular complexity index is 1190. The summed E-state index contributed by atoms with van der Waals surface area (Å²) in [6.45, 7) is 2.38. The molecule has 1 amide bonds. The van der Waals surface area contributed by atoms with Gasteiger partial charge >= 0.3 is 11.6 Å². The number of hydrogen-bond donors (Lipinski definition) is 1. The first kappa shape index (κ1) is 20.7. The van der Waals surface area contributed by atoms with Gasteiger partial charge in [0.05, 0.1) is 13.7 Å². The summed E-state index contributed by atoms with van der Waals surface area (Å²) in [7, 11) is 1.53. The van der Waals surface area contributed by atoms with Crippen LogP contribution in [0, 0.1) is 0 Å². The number of ether oxygens (including phenoxy) is 3. The fourth-order valence-corrected chi connectivity index (χ4v) is 2.70. The van der Waals surface area contributed by atoms with Gasteiger partial charge in [0.2, 0.25) is 0 Å². The standard InChI is InChI=1S/C22H19NO7/c1-3-28-17-8-4-13(10-19(17)27-2)5-9-20(24)29-15-7-6-14-11-16(21(23)25)22(26)30-18(14)12-15/h4-12H,3H2,1-2H3,(H2,23,25)/b9-5+. The van der Waals surface area contributed by atoms with Crippen molar-refractivity contribution < 1.29 is 28.2 Å². The lowest BCUT2D eigenvalue weighted by atomic mass is 10.1. The summed E-state index contributed by atoms with van der Waals surface area (Å²) in [4.78, 5) is 35.1. The van der Waals surface area contributed by atoms with Crippen LogP contribution in [0.1, 0.15) is 22.8 Å². The Balaban J connectivity index is 1.75. The van der Waals surface area contributed by atoms with Gasteiger partial charge in [-0.25, -0.2) is 9.59 Å². The van der Waals surface area contributed by atoms with E-state index in [4.69, 9.17) is 24.4 Å². The molecule has 1 aromatic heterocycles. The van der Waals surface area contributed by atoms with Crippen molar-refractivity contribution in [3.63, 3.8) is 0 Å². The summed E-state index contributed by atoms with van der Waals surface area (Å²) in [5.41, 5.74) is 4.91. The van der Waals surface area contributed by atoms with E-state index in [0.29, 0.717) is 23.5 Å². The molecule has 0 bridgehead atoms. The van der Waals surface area contributed by atoms with Crippen molar-refractivity contribution >= 4 is 28.9 Å². The average molecular weight is 409 g/mol. The monoisotopic (exact) mass is 409 g/mol. The molecule has 0 fully saturated rings. The first-order valence-electron chi connectivity index (χ1n) is 8.99. The highest BCUT2D eigenvalue weighted by Crippen LogP contribution is 2.28. The molecule has 0 radical (unpaired) electrons. The zero-order valence-corrected chi connectivity index (χ0v) is 16.3. The molecule has 0 unspecified atom stereocenters. The predicted molar refractivity (Wildman–Crippen MR) is 110 cm³/mol. The molecule has 8 heteroatoms. The van der Waals surface area contributed by atoms with Crippen LogP contribution in [0.5, 0.6) is 17.2 Å². The quantitative estimate of drug-likeness (QED) is 0.276. The number of benzene rings is 2. The van der Waals surface area contributed by atoms with Gasteiger partial charge in [-0.15, -0.1) is 0 Å². The highest BCUT2D eigenvalue weighted by Gasteiger charge is 2.11. The van der Waals surface area contributed by atoms with Crippen LogP contribution in [-0.2, 0) is 4.79 Å². The fourth-order valence-electron chi connectivity index (χ4n) is 2.70. The topological polar surface area (TPSA) is 118 Å². The molecule has 0 aliphatic rings. The summed E-state index contributed by atoms with van der Waals surface area (Å²) in [6.07, 6.45) is 2.83. The van der Waals surface area contributed by atoms with Gasteiger partial charge in [0.1, 0.15) is 16.9 Å². The number of nitrogens with two attached hydrogens (primary N) is 1. The molecule has 0 aliphatic carbocycles. The molecule has 154 valence electrons. The summed E-state index contributed by atoms with van der Waals surface area (Å²) < 4.78 is 21.0. The lowest BCUT2D eigenvalue weighted by Gasteiger charge is -2.09. The van der Waals surface area contributed by atoms with Crippen LogP contribution in [-0.4, -0.2) is 25.6 Å². The van der Waals surface area contributed by atoms with Crippen LogP contribution in [0.2, 0.25) is 0 Å². The number of esters is 1. The van der Waals surface area contributed by atoms with Gasteiger partial charge in [-0.3, -0.25) is 4.79 Å². The molecule has 0 spiro atoms. The zero-order chi connectivity index (χ0) is 21.7. The van der Waals surface area contributed by atoms with E-state index in [2.05, 4.69) is 0 Å². The van der Waals surface area contributed by atoms with Gasteiger partial charge in [0, 0.05) is 17.5 Å². The third-order valence-corrected chi connectivity index (χ3v) is 4.09. The van der Waals surface area contributed by atoms with Crippen molar-refractivity contribution in [2.75, 3.05) is 13.7 Å². The maximum absolute atomic E-state index is 12.1. The molecule has 2 N–H and O–H groups in total. The summed E-state index contributed by atoms with van der Waals surface area (Å²) in [5.74, 6) is -0.170. The minimum atomic E-state index is -0.878. The van der Waals surface area contributed by atoms with Crippen molar-refractivity contribution in [3.05, 3.63) is 70.1 Å². The number of carbonyl (C=O) groups is 2. The number of fused-ring (bicyclic) bond motifs is 1. The van der Waals surface area contributed by atoms with Gasteiger partial charge in [0.25, 0.3) is 5.91 Å². The molecule has 0 saturated heterocycles. The van der Waals surface area contributed by atoms with E-state index < -0.39 is 17.5 Å². The maximum Gasteiger partial charge on any atom is 0.349 e. The normalized spacial score (nSPS) is 10.9. The van der Waals surface area contributed by atoms with Crippen LogP contribution >= 0.6 is 0 Å². The van der Waals surface area contributed by atoms with Crippen LogP contribution in [0.3, 0.4) is 0 Å². The second kappa shape index (κ2) is 8.95. The van der Waals surface area contributed by atoms with Gasteiger partial charge in [-0.1, -0.05) is 6.07 Å².